The second-order valence-electron chi connectivity index (χ2n) is 8.40. The number of ether oxygens (including phenoxy) is 1. The smallest absolute Gasteiger partial charge is 0.416 e. The summed E-state index contributed by atoms with van der Waals surface area (Å²) in [6.45, 7) is 0.0593. The van der Waals surface area contributed by atoms with Gasteiger partial charge in [0.25, 0.3) is 11.8 Å². The Labute approximate surface area is 208 Å². The summed E-state index contributed by atoms with van der Waals surface area (Å²) >= 11 is 1.24. The van der Waals surface area contributed by atoms with Crippen LogP contribution in [0.25, 0.3) is 0 Å². The largest absolute Gasteiger partial charge is 0.497 e. The molecule has 2 aliphatic heterocycles. The fourth-order valence-corrected chi connectivity index (χ4v) is 6.14. The molecule has 5 rings (SSSR count). The molecular formula is C26H20F4N2O3S. The average molecular weight is 517 g/mol. The Morgan fingerprint density at radius 1 is 1.08 bits per heavy atom. The lowest BCUT2D eigenvalue weighted by molar-refractivity contribution is -0.137. The van der Waals surface area contributed by atoms with Crippen molar-refractivity contribution in [3.63, 3.8) is 0 Å². The van der Waals surface area contributed by atoms with Crippen LogP contribution in [-0.4, -0.2) is 36.1 Å². The van der Waals surface area contributed by atoms with Crippen molar-refractivity contribution >= 4 is 29.3 Å². The first kappa shape index (κ1) is 24.2. The highest BCUT2D eigenvalue weighted by atomic mass is 32.2. The zero-order valence-electron chi connectivity index (χ0n) is 19.0. The van der Waals surface area contributed by atoms with Gasteiger partial charge in [0.15, 0.2) is 4.87 Å². The zero-order valence-corrected chi connectivity index (χ0v) is 19.8. The van der Waals surface area contributed by atoms with E-state index in [1.807, 2.05) is 0 Å². The van der Waals surface area contributed by atoms with E-state index < -0.39 is 34.2 Å². The molecule has 0 radical (unpaired) electrons. The summed E-state index contributed by atoms with van der Waals surface area (Å²) in [7, 11) is 1.47. The van der Waals surface area contributed by atoms with Crippen molar-refractivity contribution in [2.75, 3.05) is 24.3 Å². The quantitative estimate of drug-likeness (QED) is 0.434. The highest BCUT2D eigenvalue weighted by Crippen LogP contribution is 2.55. The number of hydrogen-bond donors (Lipinski definition) is 0. The minimum Gasteiger partial charge on any atom is -0.497 e. The normalized spacial score (nSPS) is 19.2. The van der Waals surface area contributed by atoms with Gasteiger partial charge < -0.3 is 14.5 Å². The van der Waals surface area contributed by atoms with Gasteiger partial charge in [-0.3, -0.25) is 9.59 Å². The van der Waals surface area contributed by atoms with Gasteiger partial charge in [0.05, 0.1) is 30.5 Å². The molecule has 2 amide bonds. The summed E-state index contributed by atoms with van der Waals surface area (Å²) < 4.78 is 59.7. The van der Waals surface area contributed by atoms with E-state index in [9.17, 15) is 27.2 Å². The van der Waals surface area contributed by atoms with Crippen molar-refractivity contribution in [1.82, 2.24) is 4.90 Å². The molecule has 1 atom stereocenters. The number of thioether (sulfide) groups is 1. The number of anilines is 1. The third-order valence-electron chi connectivity index (χ3n) is 6.34. The van der Waals surface area contributed by atoms with E-state index in [1.165, 1.54) is 59.0 Å². The number of benzene rings is 3. The Balaban J connectivity index is 1.60. The number of hydrogen-bond acceptors (Lipinski definition) is 4. The first-order valence-corrected chi connectivity index (χ1v) is 12.0. The van der Waals surface area contributed by atoms with Gasteiger partial charge in [-0.1, -0.05) is 24.3 Å². The lowest BCUT2D eigenvalue weighted by atomic mass is 10.0. The maximum atomic E-state index is 14.5. The SMILES string of the molecule is COc1ccc2c(c1)[C@@]1(SCCN1C(=O)c1ccccc1F)C(=O)N2Cc1cccc(C(F)(F)F)c1. The summed E-state index contributed by atoms with van der Waals surface area (Å²) in [4.78, 5) is 28.8. The van der Waals surface area contributed by atoms with Crippen molar-refractivity contribution < 1.29 is 31.9 Å². The molecule has 1 saturated heterocycles. The van der Waals surface area contributed by atoms with Gasteiger partial charge in [0.2, 0.25) is 0 Å². The number of rotatable bonds is 4. The third kappa shape index (κ3) is 3.80. The second kappa shape index (κ2) is 8.85. The van der Waals surface area contributed by atoms with Crippen LogP contribution in [0, 0.1) is 5.82 Å². The van der Waals surface area contributed by atoms with E-state index in [0.717, 1.165) is 12.1 Å². The van der Waals surface area contributed by atoms with E-state index in [-0.39, 0.29) is 24.2 Å². The van der Waals surface area contributed by atoms with Gasteiger partial charge >= 0.3 is 6.18 Å². The number of methoxy groups -OCH3 is 1. The van der Waals surface area contributed by atoms with Crippen LogP contribution in [0.1, 0.15) is 27.0 Å². The molecule has 0 N–H and O–H groups in total. The highest BCUT2D eigenvalue weighted by Gasteiger charge is 2.59. The Kier molecular flexibility index (Phi) is 5.94. The Morgan fingerprint density at radius 3 is 2.58 bits per heavy atom. The fourth-order valence-electron chi connectivity index (χ4n) is 4.69. The van der Waals surface area contributed by atoms with Gasteiger partial charge in [-0.25, -0.2) is 4.39 Å². The number of carbonyl (C=O) groups is 2. The Bertz CT molecular complexity index is 1360. The molecule has 3 aromatic rings. The van der Waals surface area contributed by atoms with Gasteiger partial charge in [-0.2, -0.15) is 13.2 Å². The van der Waals surface area contributed by atoms with E-state index >= 15 is 0 Å². The van der Waals surface area contributed by atoms with Crippen LogP contribution >= 0.6 is 11.8 Å². The molecule has 2 aliphatic rings. The van der Waals surface area contributed by atoms with Crippen LogP contribution in [0.3, 0.4) is 0 Å². The van der Waals surface area contributed by atoms with Gasteiger partial charge in [0.1, 0.15) is 11.6 Å². The maximum absolute atomic E-state index is 14.5. The number of alkyl halides is 3. The molecule has 5 nitrogen and oxygen atoms in total. The zero-order chi connectivity index (χ0) is 25.7. The van der Waals surface area contributed by atoms with Crippen LogP contribution < -0.4 is 9.64 Å². The van der Waals surface area contributed by atoms with Crippen molar-refractivity contribution in [3.8, 4) is 5.75 Å². The number of fused-ring (bicyclic) bond motifs is 2. The van der Waals surface area contributed by atoms with Crippen LogP contribution in [0.2, 0.25) is 0 Å². The summed E-state index contributed by atoms with van der Waals surface area (Å²) in [5.74, 6) is -0.948. The molecule has 0 saturated carbocycles. The van der Waals surface area contributed by atoms with Gasteiger partial charge in [-0.05, 0) is 48.0 Å². The van der Waals surface area contributed by atoms with Crippen LogP contribution in [0.15, 0.2) is 66.7 Å². The number of carbonyl (C=O) groups excluding carboxylic acids is 2. The standard InChI is InChI=1S/C26H20F4N2O3S/c1-35-18-9-10-22-20(14-18)25(32(11-12-36-25)23(33)19-7-2-3-8-21(19)27)24(34)31(22)15-16-5-4-6-17(13-16)26(28,29)30/h2-10,13-14H,11-12,15H2,1H3/t25-/m1/s1. The third-order valence-corrected chi connectivity index (χ3v) is 7.76. The maximum Gasteiger partial charge on any atom is 0.416 e. The monoisotopic (exact) mass is 516 g/mol. The average Bonchev–Trinajstić information content (AvgIpc) is 3.40. The summed E-state index contributed by atoms with van der Waals surface area (Å²) in [5, 5.41) is 0. The molecule has 36 heavy (non-hydrogen) atoms. The molecule has 0 aliphatic carbocycles. The van der Waals surface area contributed by atoms with E-state index in [1.54, 1.807) is 24.3 Å². The molecule has 10 heteroatoms. The predicted octanol–water partition coefficient (Wildman–Crippen LogP) is 5.44. The highest BCUT2D eigenvalue weighted by molar-refractivity contribution is 8.01. The molecule has 3 aromatic carbocycles. The van der Waals surface area contributed by atoms with Gasteiger partial charge in [0, 0.05) is 17.9 Å². The van der Waals surface area contributed by atoms with E-state index in [4.69, 9.17) is 4.74 Å². The lowest BCUT2D eigenvalue weighted by Gasteiger charge is -2.33. The number of halogens is 4. The number of nitrogens with zero attached hydrogens (tertiary/aromatic N) is 2. The fraction of sp³-hybridized carbons (Fsp3) is 0.231. The molecule has 2 heterocycles. The molecule has 0 unspecified atom stereocenters. The summed E-state index contributed by atoms with van der Waals surface area (Å²) in [6, 6.07) is 15.3. The van der Waals surface area contributed by atoms with Gasteiger partial charge in [-0.15, -0.1) is 11.8 Å². The van der Waals surface area contributed by atoms with E-state index in [0.29, 0.717) is 22.8 Å². The van der Waals surface area contributed by atoms with Crippen molar-refractivity contribution in [2.24, 2.45) is 0 Å². The minimum absolute atomic E-state index is 0.133. The first-order chi connectivity index (χ1) is 17.2. The van der Waals surface area contributed by atoms with Crippen molar-refractivity contribution in [2.45, 2.75) is 17.6 Å². The molecule has 0 bridgehead atoms. The summed E-state index contributed by atoms with van der Waals surface area (Å²) in [5.41, 5.74) is 0.243. The Hall–Kier alpha value is -3.53. The van der Waals surface area contributed by atoms with Crippen LogP contribution in [0.4, 0.5) is 23.2 Å². The first-order valence-electron chi connectivity index (χ1n) is 11.0. The van der Waals surface area contributed by atoms with Crippen molar-refractivity contribution in [1.29, 1.82) is 0 Å². The van der Waals surface area contributed by atoms with E-state index in [2.05, 4.69) is 0 Å². The lowest BCUT2D eigenvalue weighted by Crippen LogP contribution is -2.50. The molecule has 186 valence electrons. The van der Waals surface area contributed by atoms with Crippen LogP contribution in [0.5, 0.6) is 5.75 Å². The second-order valence-corrected chi connectivity index (χ2v) is 9.69. The molecule has 1 fully saturated rings. The number of amides is 2. The molecular weight excluding hydrogens is 496 g/mol. The topological polar surface area (TPSA) is 49.9 Å². The molecule has 1 spiro atoms. The van der Waals surface area contributed by atoms with Crippen LogP contribution in [-0.2, 0) is 22.4 Å². The minimum atomic E-state index is -4.53. The van der Waals surface area contributed by atoms with Crippen molar-refractivity contribution in [3.05, 3.63) is 94.8 Å². The predicted molar refractivity (Wildman–Crippen MR) is 127 cm³/mol. The molecule has 0 aromatic heterocycles. The Morgan fingerprint density at radius 2 is 1.86 bits per heavy atom. The summed E-state index contributed by atoms with van der Waals surface area (Å²) in [6.07, 6.45) is -4.53.